The molecule has 0 spiro atoms. The number of rotatable bonds is 9. The second kappa shape index (κ2) is 11.9. The van der Waals surface area contributed by atoms with Crippen molar-refractivity contribution in [1.82, 2.24) is 24.9 Å². The maximum atomic E-state index is 13.1. The van der Waals surface area contributed by atoms with Crippen LogP contribution in [-0.2, 0) is 27.4 Å². The summed E-state index contributed by atoms with van der Waals surface area (Å²) in [5, 5.41) is 7.19. The molecule has 2 fully saturated rings. The van der Waals surface area contributed by atoms with Crippen LogP contribution in [0.2, 0.25) is 0 Å². The summed E-state index contributed by atoms with van der Waals surface area (Å²) in [4.78, 5) is 43.8. The smallest absolute Gasteiger partial charge is 0.268 e. The summed E-state index contributed by atoms with van der Waals surface area (Å²) in [6, 6.07) is 11.4. The molecular weight excluding hydrogens is 448 g/mol. The van der Waals surface area contributed by atoms with Crippen LogP contribution < -0.4 is 15.8 Å². The predicted molar refractivity (Wildman–Crippen MR) is 132 cm³/mol. The van der Waals surface area contributed by atoms with Gasteiger partial charge < -0.3 is 19.9 Å². The first-order valence-electron chi connectivity index (χ1n) is 12.2. The Morgan fingerprint density at radius 3 is 2.60 bits per heavy atom. The van der Waals surface area contributed by atoms with Crippen molar-refractivity contribution >= 4 is 17.5 Å². The van der Waals surface area contributed by atoms with Crippen molar-refractivity contribution in [1.29, 1.82) is 0 Å². The number of carbonyl (C=O) groups excluding carboxylic acids is 2. The average Bonchev–Trinajstić information content (AvgIpc) is 3.38. The highest BCUT2D eigenvalue weighted by molar-refractivity contribution is 5.80. The fraction of sp³-hybridized carbons (Fsp3) is 0.520. The van der Waals surface area contributed by atoms with Crippen molar-refractivity contribution in [3.63, 3.8) is 0 Å². The van der Waals surface area contributed by atoms with Gasteiger partial charge in [-0.15, -0.1) is 0 Å². The summed E-state index contributed by atoms with van der Waals surface area (Å²) >= 11 is 0. The Kier molecular flexibility index (Phi) is 8.49. The molecule has 2 aromatic rings. The second-order valence-corrected chi connectivity index (χ2v) is 9.06. The lowest BCUT2D eigenvalue weighted by Gasteiger charge is -2.35. The van der Waals surface area contributed by atoms with Crippen LogP contribution in [0.5, 0.6) is 0 Å². The minimum atomic E-state index is -0.168. The summed E-state index contributed by atoms with van der Waals surface area (Å²) < 4.78 is 6.39. The van der Waals surface area contributed by atoms with Crippen molar-refractivity contribution in [2.24, 2.45) is 5.92 Å². The van der Waals surface area contributed by atoms with E-state index < -0.39 is 0 Å². The SMILES string of the molecule is COCCn1ncc(N2CCC(C(=O)N3CCN(CC(=O)NCc4ccccc4)CC3)C2)cc1=O. The molecule has 1 aromatic carbocycles. The molecule has 1 unspecified atom stereocenters. The molecule has 4 rings (SSSR count). The number of ether oxygens (including phenoxy) is 1. The molecule has 10 heteroatoms. The van der Waals surface area contributed by atoms with Gasteiger partial charge in [0.05, 0.1) is 37.5 Å². The number of benzene rings is 1. The number of aromatic nitrogens is 2. The Bertz CT molecular complexity index is 1050. The van der Waals surface area contributed by atoms with Crippen molar-refractivity contribution in [3.05, 3.63) is 58.5 Å². The molecule has 35 heavy (non-hydrogen) atoms. The molecular formula is C25H34N6O4. The van der Waals surface area contributed by atoms with Crippen LogP contribution in [0.25, 0.3) is 0 Å². The number of nitrogens with one attached hydrogen (secondary N) is 1. The van der Waals surface area contributed by atoms with E-state index >= 15 is 0 Å². The van der Waals surface area contributed by atoms with Crippen LogP contribution in [0, 0.1) is 5.92 Å². The molecule has 0 aliphatic carbocycles. The highest BCUT2D eigenvalue weighted by atomic mass is 16.5. The molecule has 1 atom stereocenters. The third kappa shape index (κ3) is 6.67. The Morgan fingerprint density at radius 1 is 1.11 bits per heavy atom. The molecule has 1 N–H and O–H groups in total. The molecule has 3 heterocycles. The van der Waals surface area contributed by atoms with Gasteiger partial charge in [-0.25, -0.2) is 4.68 Å². The first-order valence-corrected chi connectivity index (χ1v) is 12.2. The van der Waals surface area contributed by atoms with Gasteiger partial charge >= 0.3 is 0 Å². The lowest BCUT2D eigenvalue weighted by molar-refractivity contribution is -0.136. The van der Waals surface area contributed by atoms with Crippen molar-refractivity contribution in [2.45, 2.75) is 19.5 Å². The summed E-state index contributed by atoms with van der Waals surface area (Å²) in [5.74, 6) is 0.0616. The first kappa shape index (κ1) is 24.9. The molecule has 2 saturated heterocycles. The van der Waals surface area contributed by atoms with Gasteiger partial charge in [0, 0.05) is 59.0 Å². The summed E-state index contributed by atoms with van der Waals surface area (Å²) in [6.45, 7) is 5.63. The van der Waals surface area contributed by atoms with E-state index in [1.165, 1.54) is 4.68 Å². The zero-order valence-corrected chi connectivity index (χ0v) is 20.3. The van der Waals surface area contributed by atoms with Gasteiger partial charge in [0.25, 0.3) is 5.56 Å². The summed E-state index contributed by atoms with van der Waals surface area (Å²) in [5.41, 5.74) is 1.66. The van der Waals surface area contributed by atoms with Gasteiger partial charge in [-0.3, -0.25) is 19.3 Å². The first-order chi connectivity index (χ1) is 17.0. The highest BCUT2D eigenvalue weighted by Gasteiger charge is 2.33. The second-order valence-electron chi connectivity index (χ2n) is 9.06. The molecule has 0 bridgehead atoms. The number of hydrogen-bond donors (Lipinski definition) is 1. The summed E-state index contributed by atoms with van der Waals surface area (Å²) in [7, 11) is 1.59. The molecule has 2 amide bonds. The standard InChI is InChI=1S/C25H34N6O4/c1-35-14-13-31-24(33)15-22(17-27-31)30-8-7-21(18-30)25(34)29-11-9-28(10-12-29)19-23(32)26-16-20-5-3-2-4-6-20/h2-6,15,17,21H,7-14,16,18-19H2,1H3,(H,26,32). The van der Waals surface area contributed by atoms with Crippen LogP contribution in [-0.4, -0.2) is 90.9 Å². The monoisotopic (exact) mass is 482 g/mol. The number of methoxy groups -OCH3 is 1. The lowest BCUT2D eigenvalue weighted by Crippen LogP contribution is -2.52. The average molecular weight is 483 g/mol. The Labute approximate surface area is 205 Å². The van der Waals surface area contributed by atoms with E-state index in [0.717, 1.165) is 24.2 Å². The van der Waals surface area contributed by atoms with Gasteiger partial charge in [-0.1, -0.05) is 30.3 Å². The quantitative estimate of drug-likeness (QED) is 0.544. The predicted octanol–water partition coefficient (Wildman–Crippen LogP) is 0.177. The third-order valence-corrected chi connectivity index (χ3v) is 6.65. The van der Waals surface area contributed by atoms with Crippen LogP contribution in [0.3, 0.4) is 0 Å². The van der Waals surface area contributed by atoms with Gasteiger partial charge in [0.2, 0.25) is 11.8 Å². The molecule has 188 valence electrons. The molecule has 1 aromatic heterocycles. The molecule has 2 aliphatic heterocycles. The largest absolute Gasteiger partial charge is 0.383 e. The molecule has 0 radical (unpaired) electrons. The number of hydrogen-bond acceptors (Lipinski definition) is 7. The van der Waals surface area contributed by atoms with Crippen molar-refractivity contribution in [2.75, 3.05) is 64.4 Å². The van der Waals surface area contributed by atoms with Gasteiger partial charge in [-0.2, -0.15) is 5.10 Å². The maximum absolute atomic E-state index is 13.1. The number of amides is 2. The summed E-state index contributed by atoms with van der Waals surface area (Å²) in [6.07, 6.45) is 2.44. The number of piperazine rings is 1. The lowest BCUT2D eigenvalue weighted by atomic mass is 10.1. The number of carbonyl (C=O) groups is 2. The topological polar surface area (TPSA) is 100 Å². The van der Waals surface area contributed by atoms with Crippen LogP contribution in [0.4, 0.5) is 5.69 Å². The van der Waals surface area contributed by atoms with Crippen LogP contribution >= 0.6 is 0 Å². The minimum Gasteiger partial charge on any atom is -0.383 e. The van der Waals surface area contributed by atoms with Crippen molar-refractivity contribution < 1.29 is 14.3 Å². The van der Waals surface area contributed by atoms with E-state index in [-0.39, 0.29) is 23.3 Å². The maximum Gasteiger partial charge on any atom is 0.268 e. The molecule has 0 saturated carbocycles. The van der Waals surface area contributed by atoms with Gasteiger partial charge in [0.15, 0.2) is 0 Å². The normalized spacial score (nSPS) is 18.6. The van der Waals surface area contributed by atoms with Crippen LogP contribution in [0.15, 0.2) is 47.4 Å². The minimum absolute atomic E-state index is 0.00202. The Hall–Kier alpha value is -3.24. The Balaban J connectivity index is 1.21. The number of anilines is 1. The van der Waals surface area contributed by atoms with Gasteiger partial charge in [-0.05, 0) is 12.0 Å². The fourth-order valence-corrected chi connectivity index (χ4v) is 4.58. The zero-order chi connectivity index (χ0) is 24.6. The van der Waals surface area contributed by atoms with E-state index in [2.05, 4.69) is 20.2 Å². The van der Waals surface area contributed by atoms with E-state index in [9.17, 15) is 14.4 Å². The fourth-order valence-electron chi connectivity index (χ4n) is 4.58. The van der Waals surface area contributed by atoms with Gasteiger partial charge in [0.1, 0.15) is 0 Å². The third-order valence-electron chi connectivity index (χ3n) is 6.65. The van der Waals surface area contributed by atoms with E-state index in [1.54, 1.807) is 19.4 Å². The van der Waals surface area contributed by atoms with E-state index in [1.807, 2.05) is 35.2 Å². The van der Waals surface area contributed by atoms with Crippen LogP contribution in [0.1, 0.15) is 12.0 Å². The van der Waals surface area contributed by atoms with Crippen molar-refractivity contribution in [3.8, 4) is 0 Å². The van der Waals surface area contributed by atoms with E-state index in [4.69, 9.17) is 4.74 Å². The zero-order valence-electron chi connectivity index (χ0n) is 20.3. The van der Waals surface area contributed by atoms with E-state index in [0.29, 0.717) is 59.0 Å². The number of nitrogens with zero attached hydrogens (tertiary/aromatic N) is 5. The Morgan fingerprint density at radius 2 is 1.89 bits per heavy atom. The molecule has 10 nitrogen and oxygen atoms in total. The highest BCUT2D eigenvalue weighted by Crippen LogP contribution is 2.24. The molecule has 2 aliphatic rings.